The number of ketones is 2. The molecule has 21 heavy (non-hydrogen) atoms. The fraction of sp³-hybridized carbons (Fsp3) is 0.579. The second kappa shape index (κ2) is 7.02. The summed E-state index contributed by atoms with van der Waals surface area (Å²) < 4.78 is 0. The van der Waals surface area contributed by atoms with Gasteiger partial charge in [-0.1, -0.05) is 56.9 Å². The summed E-state index contributed by atoms with van der Waals surface area (Å²) >= 11 is 0. The van der Waals surface area contributed by atoms with Gasteiger partial charge in [0.2, 0.25) is 0 Å². The Morgan fingerprint density at radius 3 is 2.19 bits per heavy atom. The van der Waals surface area contributed by atoms with E-state index < -0.39 is 0 Å². The van der Waals surface area contributed by atoms with Crippen molar-refractivity contribution >= 4 is 11.6 Å². The number of carbonyl (C=O) groups is 2. The molecule has 1 saturated carbocycles. The topological polar surface area (TPSA) is 34.1 Å². The van der Waals surface area contributed by atoms with E-state index in [9.17, 15) is 9.59 Å². The second-order valence-electron chi connectivity index (χ2n) is 6.30. The van der Waals surface area contributed by atoms with Crippen molar-refractivity contribution in [2.24, 2.45) is 0 Å². The standard InChI is InChI=1S/C19H26O2/c1-3-4-8-18(21)19(13-6-5-7-14-19)17-11-9-16(10-12-17)15(2)20/h9-12H,3-8,13-14H2,1-2H3. The molecule has 2 nitrogen and oxygen atoms in total. The Bertz CT molecular complexity index is 493. The molecule has 0 heterocycles. The van der Waals surface area contributed by atoms with Crippen LogP contribution < -0.4 is 0 Å². The molecule has 114 valence electrons. The van der Waals surface area contributed by atoms with E-state index in [0.29, 0.717) is 12.2 Å². The van der Waals surface area contributed by atoms with Crippen LogP contribution in [0.25, 0.3) is 0 Å². The van der Waals surface area contributed by atoms with E-state index >= 15 is 0 Å². The van der Waals surface area contributed by atoms with Crippen LogP contribution in [0.2, 0.25) is 0 Å². The zero-order valence-electron chi connectivity index (χ0n) is 13.3. The monoisotopic (exact) mass is 286 g/mol. The number of rotatable bonds is 6. The fourth-order valence-electron chi connectivity index (χ4n) is 3.48. The molecule has 0 unspecified atom stereocenters. The predicted molar refractivity (Wildman–Crippen MR) is 85.7 cm³/mol. The van der Waals surface area contributed by atoms with Gasteiger partial charge in [0.1, 0.15) is 5.78 Å². The minimum atomic E-state index is -0.289. The van der Waals surface area contributed by atoms with Gasteiger partial charge in [-0.25, -0.2) is 0 Å². The average Bonchev–Trinajstić information content (AvgIpc) is 2.53. The largest absolute Gasteiger partial charge is 0.299 e. The molecule has 1 fully saturated rings. The summed E-state index contributed by atoms with van der Waals surface area (Å²) in [6, 6.07) is 7.76. The van der Waals surface area contributed by atoms with Crippen molar-refractivity contribution in [2.45, 2.75) is 70.6 Å². The summed E-state index contributed by atoms with van der Waals surface area (Å²) in [4.78, 5) is 24.3. The average molecular weight is 286 g/mol. The molecule has 2 heteroatoms. The Kier molecular flexibility index (Phi) is 5.33. The Balaban J connectivity index is 2.30. The van der Waals surface area contributed by atoms with Crippen LogP contribution in [0.15, 0.2) is 24.3 Å². The highest BCUT2D eigenvalue weighted by Gasteiger charge is 2.39. The van der Waals surface area contributed by atoms with E-state index in [1.807, 2.05) is 24.3 Å². The smallest absolute Gasteiger partial charge is 0.159 e. The lowest BCUT2D eigenvalue weighted by Crippen LogP contribution is -2.38. The minimum Gasteiger partial charge on any atom is -0.299 e. The zero-order chi connectivity index (χ0) is 15.3. The van der Waals surface area contributed by atoms with Crippen molar-refractivity contribution in [1.29, 1.82) is 0 Å². The third-order valence-corrected chi connectivity index (χ3v) is 4.84. The summed E-state index contributed by atoms with van der Waals surface area (Å²) in [5, 5.41) is 0. The van der Waals surface area contributed by atoms with Gasteiger partial charge in [-0.15, -0.1) is 0 Å². The first-order valence-corrected chi connectivity index (χ1v) is 8.25. The van der Waals surface area contributed by atoms with Gasteiger partial charge in [-0.05, 0) is 31.7 Å². The molecule has 1 aromatic carbocycles. The van der Waals surface area contributed by atoms with Crippen LogP contribution in [0.3, 0.4) is 0 Å². The molecule has 2 rings (SSSR count). The van der Waals surface area contributed by atoms with Crippen LogP contribution in [-0.2, 0) is 10.2 Å². The zero-order valence-corrected chi connectivity index (χ0v) is 13.3. The van der Waals surface area contributed by atoms with Crippen LogP contribution >= 0.6 is 0 Å². The van der Waals surface area contributed by atoms with Crippen molar-refractivity contribution in [3.8, 4) is 0 Å². The molecule has 0 radical (unpaired) electrons. The SMILES string of the molecule is CCCCC(=O)C1(c2ccc(C(C)=O)cc2)CCCCC1. The molecule has 0 saturated heterocycles. The lowest BCUT2D eigenvalue weighted by Gasteiger charge is -2.36. The Morgan fingerprint density at radius 2 is 1.67 bits per heavy atom. The number of hydrogen-bond donors (Lipinski definition) is 0. The summed E-state index contributed by atoms with van der Waals surface area (Å²) in [5.41, 5.74) is 1.56. The number of hydrogen-bond acceptors (Lipinski definition) is 2. The number of unbranched alkanes of at least 4 members (excludes halogenated alkanes) is 1. The van der Waals surface area contributed by atoms with Gasteiger partial charge < -0.3 is 0 Å². The van der Waals surface area contributed by atoms with Gasteiger partial charge >= 0.3 is 0 Å². The van der Waals surface area contributed by atoms with Gasteiger partial charge in [0, 0.05) is 12.0 Å². The van der Waals surface area contributed by atoms with E-state index in [-0.39, 0.29) is 11.2 Å². The fourth-order valence-corrected chi connectivity index (χ4v) is 3.48. The summed E-state index contributed by atoms with van der Waals surface area (Å²) in [7, 11) is 0. The maximum Gasteiger partial charge on any atom is 0.159 e. The molecule has 0 aromatic heterocycles. The molecule has 0 amide bonds. The maximum atomic E-state index is 12.8. The Morgan fingerprint density at radius 1 is 1.05 bits per heavy atom. The number of benzene rings is 1. The van der Waals surface area contributed by atoms with E-state index in [1.165, 1.54) is 6.42 Å². The number of carbonyl (C=O) groups excluding carboxylic acids is 2. The van der Waals surface area contributed by atoms with Crippen molar-refractivity contribution < 1.29 is 9.59 Å². The molecule has 1 aliphatic rings. The molecule has 0 aliphatic heterocycles. The van der Waals surface area contributed by atoms with E-state index in [1.54, 1.807) is 6.92 Å². The van der Waals surface area contributed by atoms with Gasteiger partial charge in [0.15, 0.2) is 5.78 Å². The van der Waals surface area contributed by atoms with Crippen molar-refractivity contribution in [2.75, 3.05) is 0 Å². The molecule has 1 aliphatic carbocycles. The molecule has 0 bridgehead atoms. The van der Waals surface area contributed by atoms with Crippen LogP contribution in [-0.4, -0.2) is 11.6 Å². The van der Waals surface area contributed by atoms with Crippen molar-refractivity contribution in [3.63, 3.8) is 0 Å². The molecular formula is C19H26O2. The highest BCUT2D eigenvalue weighted by Crippen LogP contribution is 2.41. The third-order valence-electron chi connectivity index (χ3n) is 4.84. The minimum absolute atomic E-state index is 0.0801. The van der Waals surface area contributed by atoms with Gasteiger partial charge in [-0.2, -0.15) is 0 Å². The molecule has 0 N–H and O–H groups in total. The van der Waals surface area contributed by atoms with Gasteiger partial charge in [0.05, 0.1) is 5.41 Å². The summed E-state index contributed by atoms with van der Waals surface area (Å²) in [6.07, 6.45) is 8.15. The highest BCUT2D eigenvalue weighted by atomic mass is 16.1. The van der Waals surface area contributed by atoms with Crippen LogP contribution in [0.1, 0.15) is 81.1 Å². The summed E-state index contributed by atoms with van der Waals surface area (Å²) in [6.45, 7) is 3.71. The van der Waals surface area contributed by atoms with Crippen molar-refractivity contribution in [1.82, 2.24) is 0 Å². The Labute approximate surface area is 127 Å². The Hall–Kier alpha value is -1.44. The third kappa shape index (κ3) is 3.42. The quantitative estimate of drug-likeness (QED) is 0.700. The molecule has 0 spiro atoms. The summed E-state index contributed by atoms with van der Waals surface area (Å²) in [5.74, 6) is 0.483. The molecule has 0 atom stereocenters. The van der Waals surface area contributed by atoms with Crippen LogP contribution in [0.5, 0.6) is 0 Å². The van der Waals surface area contributed by atoms with Gasteiger partial charge in [0.25, 0.3) is 0 Å². The first-order valence-electron chi connectivity index (χ1n) is 8.25. The van der Waals surface area contributed by atoms with E-state index in [2.05, 4.69) is 6.92 Å². The van der Waals surface area contributed by atoms with E-state index in [4.69, 9.17) is 0 Å². The van der Waals surface area contributed by atoms with Crippen molar-refractivity contribution in [3.05, 3.63) is 35.4 Å². The normalized spacial score (nSPS) is 17.4. The lowest BCUT2D eigenvalue weighted by molar-refractivity contribution is -0.126. The first kappa shape index (κ1) is 15.9. The second-order valence-corrected chi connectivity index (χ2v) is 6.30. The molecular weight excluding hydrogens is 260 g/mol. The molecule has 1 aromatic rings. The first-order chi connectivity index (χ1) is 10.1. The maximum absolute atomic E-state index is 12.8. The number of Topliss-reactive ketones (excluding diaryl/α,β-unsaturated/α-hetero) is 2. The highest BCUT2D eigenvalue weighted by molar-refractivity contribution is 5.94. The van der Waals surface area contributed by atoms with Crippen LogP contribution in [0, 0.1) is 0 Å². The van der Waals surface area contributed by atoms with Gasteiger partial charge in [-0.3, -0.25) is 9.59 Å². The van der Waals surface area contributed by atoms with Crippen LogP contribution in [0.4, 0.5) is 0 Å². The van der Waals surface area contributed by atoms with E-state index in [0.717, 1.165) is 49.7 Å². The predicted octanol–water partition coefficient (Wildman–Crippen LogP) is 4.85. The lowest BCUT2D eigenvalue weighted by atomic mass is 9.66.